The van der Waals surface area contributed by atoms with Gasteiger partial charge in [-0.25, -0.2) is 0 Å². The molecule has 1 aromatic heterocycles. The number of nitrogens with one attached hydrogen (secondary N) is 1. The largest absolute Gasteiger partial charge is 0.456 e. The number of fused-ring (bicyclic) bond motifs is 3. The summed E-state index contributed by atoms with van der Waals surface area (Å²) < 4.78 is 5.85. The highest BCUT2D eigenvalue weighted by Gasteiger charge is 2.18. The number of allylic oxidation sites excluding steroid dienone is 1. The molecule has 1 heterocycles. The van der Waals surface area contributed by atoms with E-state index in [9.17, 15) is 10.1 Å². The number of amides is 1. The average Bonchev–Trinajstić information content (AvgIpc) is 3.01. The molecule has 0 spiro atoms. The molecular formula is C21H18N2O2. The summed E-state index contributed by atoms with van der Waals surface area (Å²) in [7, 11) is 0. The molecule has 124 valence electrons. The Kier molecular flexibility index (Phi) is 3.99. The fourth-order valence-electron chi connectivity index (χ4n) is 3.52. The Hall–Kier alpha value is -3.06. The monoisotopic (exact) mass is 330 g/mol. The molecule has 4 nitrogen and oxygen atoms in total. The third-order valence-electron chi connectivity index (χ3n) is 4.79. The van der Waals surface area contributed by atoms with Crippen LogP contribution in [0, 0.1) is 11.3 Å². The van der Waals surface area contributed by atoms with Crippen LogP contribution in [0.15, 0.2) is 58.0 Å². The fraction of sp³-hybridized carbons (Fsp3) is 0.238. The van der Waals surface area contributed by atoms with Gasteiger partial charge in [0.15, 0.2) is 0 Å². The van der Waals surface area contributed by atoms with Crippen molar-refractivity contribution in [1.29, 1.82) is 5.26 Å². The van der Waals surface area contributed by atoms with Gasteiger partial charge in [-0.2, -0.15) is 5.26 Å². The standard InChI is InChI=1S/C21H18N2O2/c22-13-18(14-6-2-1-3-7-14)21(24)23-15-10-11-17-16-8-4-5-9-19(16)25-20(17)12-15/h4-5,8-12H,1-3,6-7H2,(H,23,24). The van der Waals surface area contributed by atoms with Crippen molar-refractivity contribution in [1.82, 2.24) is 0 Å². The Balaban J connectivity index is 1.64. The summed E-state index contributed by atoms with van der Waals surface area (Å²) in [5.41, 5.74) is 3.44. The minimum absolute atomic E-state index is 0.268. The van der Waals surface area contributed by atoms with Gasteiger partial charge in [0.1, 0.15) is 22.8 Å². The van der Waals surface area contributed by atoms with E-state index in [4.69, 9.17) is 4.42 Å². The zero-order chi connectivity index (χ0) is 17.2. The molecular weight excluding hydrogens is 312 g/mol. The maximum atomic E-state index is 12.5. The molecule has 0 bridgehead atoms. The van der Waals surface area contributed by atoms with Gasteiger partial charge in [0.05, 0.1) is 0 Å². The molecule has 4 rings (SSSR count). The Morgan fingerprint density at radius 1 is 1.00 bits per heavy atom. The number of benzene rings is 2. The van der Waals surface area contributed by atoms with Crippen LogP contribution in [0.4, 0.5) is 5.69 Å². The molecule has 2 aromatic carbocycles. The molecule has 0 atom stereocenters. The highest BCUT2D eigenvalue weighted by atomic mass is 16.3. The lowest BCUT2D eigenvalue weighted by molar-refractivity contribution is -0.112. The summed E-state index contributed by atoms with van der Waals surface area (Å²) in [5, 5.41) is 14.3. The molecule has 1 N–H and O–H groups in total. The SMILES string of the molecule is N#CC(C(=O)Nc1ccc2c(c1)oc1ccccc12)=C1CCCCC1. The van der Waals surface area contributed by atoms with Gasteiger partial charge in [-0.15, -0.1) is 0 Å². The van der Waals surface area contributed by atoms with Gasteiger partial charge in [0.25, 0.3) is 5.91 Å². The molecule has 3 aromatic rings. The summed E-state index contributed by atoms with van der Waals surface area (Å²) in [6.45, 7) is 0. The highest BCUT2D eigenvalue weighted by Crippen LogP contribution is 2.31. The van der Waals surface area contributed by atoms with Crippen LogP contribution < -0.4 is 5.32 Å². The van der Waals surface area contributed by atoms with Crippen LogP contribution in [-0.4, -0.2) is 5.91 Å². The topological polar surface area (TPSA) is 66.0 Å². The van der Waals surface area contributed by atoms with Gasteiger partial charge in [-0.05, 0) is 49.5 Å². The van der Waals surface area contributed by atoms with E-state index in [-0.39, 0.29) is 11.5 Å². The minimum atomic E-state index is -0.324. The molecule has 4 heteroatoms. The number of para-hydroxylation sites is 1. The molecule has 25 heavy (non-hydrogen) atoms. The first kappa shape index (κ1) is 15.5. The van der Waals surface area contributed by atoms with Gasteiger partial charge >= 0.3 is 0 Å². The van der Waals surface area contributed by atoms with E-state index in [1.165, 1.54) is 6.42 Å². The van der Waals surface area contributed by atoms with E-state index >= 15 is 0 Å². The first-order valence-electron chi connectivity index (χ1n) is 8.61. The average molecular weight is 330 g/mol. The summed E-state index contributed by atoms with van der Waals surface area (Å²) >= 11 is 0. The molecule has 0 saturated heterocycles. The lowest BCUT2D eigenvalue weighted by Crippen LogP contribution is -2.16. The third-order valence-corrected chi connectivity index (χ3v) is 4.79. The van der Waals surface area contributed by atoms with Crippen LogP contribution in [0.3, 0.4) is 0 Å². The number of hydrogen-bond acceptors (Lipinski definition) is 3. The summed E-state index contributed by atoms with van der Waals surface area (Å²) in [6, 6.07) is 15.5. The number of carbonyl (C=O) groups is 1. The number of hydrogen-bond donors (Lipinski definition) is 1. The Morgan fingerprint density at radius 3 is 2.56 bits per heavy atom. The number of rotatable bonds is 2. The second-order valence-electron chi connectivity index (χ2n) is 6.41. The van der Waals surface area contributed by atoms with Gasteiger partial charge in [0, 0.05) is 22.5 Å². The molecule has 1 saturated carbocycles. The van der Waals surface area contributed by atoms with Crippen molar-refractivity contribution in [2.24, 2.45) is 0 Å². The van der Waals surface area contributed by atoms with Crippen LogP contribution >= 0.6 is 0 Å². The summed E-state index contributed by atoms with van der Waals surface area (Å²) in [5.74, 6) is -0.324. The van der Waals surface area contributed by atoms with Crippen molar-refractivity contribution >= 4 is 33.5 Å². The van der Waals surface area contributed by atoms with Crippen LogP contribution in [0.1, 0.15) is 32.1 Å². The van der Waals surface area contributed by atoms with Crippen molar-refractivity contribution in [2.75, 3.05) is 5.32 Å². The Labute approximate surface area is 145 Å². The van der Waals surface area contributed by atoms with E-state index in [1.807, 2.05) is 42.5 Å². The first-order chi connectivity index (χ1) is 12.3. The predicted molar refractivity (Wildman–Crippen MR) is 98.1 cm³/mol. The third kappa shape index (κ3) is 2.89. The van der Waals surface area contributed by atoms with Crippen LogP contribution in [0.2, 0.25) is 0 Å². The number of anilines is 1. The van der Waals surface area contributed by atoms with Crippen molar-refractivity contribution in [3.05, 3.63) is 53.6 Å². The number of carbonyl (C=O) groups excluding carboxylic acids is 1. The van der Waals surface area contributed by atoms with Gasteiger partial charge in [-0.3, -0.25) is 4.79 Å². The second kappa shape index (κ2) is 6.45. The predicted octanol–water partition coefficient (Wildman–Crippen LogP) is 5.31. The smallest absolute Gasteiger partial charge is 0.266 e. The lowest BCUT2D eigenvalue weighted by Gasteiger charge is -2.15. The molecule has 0 radical (unpaired) electrons. The Morgan fingerprint density at radius 2 is 1.76 bits per heavy atom. The quantitative estimate of drug-likeness (QED) is 0.511. The maximum Gasteiger partial charge on any atom is 0.266 e. The van der Waals surface area contributed by atoms with Gasteiger partial charge < -0.3 is 9.73 Å². The van der Waals surface area contributed by atoms with E-state index in [2.05, 4.69) is 11.4 Å². The number of furan rings is 1. The zero-order valence-corrected chi connectivity index (χ0v) is 13.8. The second-order valence-corrected chi connectivity index (χ2v) is 6.41. The van der Waals surface area contributed by atoms with Gasteiger partial charge in [0.2, 0.25) is 0 Å². The lowest BCUT2D eigenvalue weighted by atomic mass is 9.91. The van der Waals surface area contributed by atoms with Crippen LogP contribution in [-0.2, 0) is 4.79 Å². The minimum Gasteiger partial charge on any atom is -0.456 e. The van der Waals surface area contributed by atoms with Crippen LogP contribution in [0.5, 0.6) is 0 Å². The molecule has 1 amide bonds. The molecule has 0 aliphatic heterocycles. The van der Waals surface area contributed by atoms with Crippen molar-refractivity contribution < 1.29 is 9.21 Å². The van der Waals surface area contributed by atoms with E-state index in [1.54, 1.807) is 0 Å². The molecule has 1 fully saturated rings. The van der Waals surface area contributed by atoms with E-state index in [0.29, 0.717) is 5.69 Å². The van der Waals surface area contributed by atoms with Crippen molar-refractivity contribution in [2.45, 2.75) is 32.1 Å². The number of nitriles is 1. The summed E-state index contributed by atoms with van der Waals surface area (Å²) in [4.78, 5) is 12.5. The number of nitrogens with zero attached hydrogens (tertiary/aromatic N) is 1. The molecule has 1 aliphatic rings. The fourth-order valence-corrected chi connectivity index (χ4v) is 3.52. The molecule has 1 aliphatic carbocycles. The zero-order valence-electron chi connectivity index (χ0n) is 13.8. The van der Waals surface area contributed by atoms with E-state index in [0.717, 1.165) is 53.2 Å². The Bertz CT molecular complexity index is 1030. The molecule has 0 unspecified atom stereocenters. The normalized spacial score (nSPS) is 14.4. The van der Waals surface area contributed by atoms with Crippen molar-refractivity contribution in [3.8, 4) is 6.07 Å². The van der Waals surface area contributed by atoms with Crippen molar-refractivity contribution in [3.63, 3.8) is 0 Å². The van der Waals surface area contributed by atoms with Gasteiger partial charge in [-0.1, -0.05) is 24.6 Å². The van der Waals surface area contributed by atoms with E-state index < -0.39 is 0 Å². The van der Waals surface area contributed by atoms with Crippen LogP contribution in [0.25, 0.3) is 21.9 Å². The highest BCUT2D eigenvalue weighted by molar-refractivity contribution is 6.09. The first-order valence-corrected chi connectivity index (χ1v) is 8.61. The maximum absolute atomic E-state index is 12.5. The summed E-state index contributed by atoms with van der Waals surface area (Å²) in [6.07, 6.45) is 4.97.